The number of hydrogen-bond donors (Lipinski definition) is 3. The molecule has 10 nitrogen and oxygen atoms in total. The number of carboxylic acids is 1. The minimum Gasteiger partial charge on any atom is -0.481 e. The number of aliphatic carboxylic acids is 1. The van der Waals surface area contributed by atoms with Crippen LogP contribution in [0.3, 0.4) is 0 Å². The van der Waals surface area contributed by atoms with Crippen LogP contribution < -0.4 is 5.32 Å². The number of nitrogens with zero attached hydrogens (tertiary/aromatic N) is 6. The van der Waals surface area contributed by atoms with Gasteiger partial charge in [0.05, 0.1) is 17.7 Å². The molecule has 0 radical (unpaired) electrons. The number of anilines is 1. The lowest BCUT2D eigenvalue weighted by Gasteiger charge is -2.47. The molecule has 33 heavy (non-hydrogen) atoms. The molecule has 3 aliphatic carbocycles. The summed E-state index contributed by atoms with van der Waals surface area (Å²) in [6.45, 7) is 0. The molecule has 0 aromatic carbocycles. The minimum atomic E-state index is -0.743. The lowest BCUT2D eigenvalue weighted by atomic mass is 9.61. The number of aromatic amines is 1. The lowest BCUT2D eigenvalue weighted by Crippen LogP contribution is -2.51. The summed E-state index contributed by atoms with van der Waals surface area (Å²) in [6, 6.07) is 1.64. The fraction of sp³-hybridized carbons (Fsp3) is 0.364. The first-order valence-electron chi connectivity index (χ1n) is 10.9. The molecule has 4 aromatic rings. The molecule has 2 atom stereocenters. The van der Waals surface area contributed by atoms with Crippen molar-refractivity contribution in [1.29, 1.82) is 0 Å². The van der Waals surface area contributed by atoms with Gasteiger partial charge in [-0.15, -0.1) is 0 Å². The van der Waals surface area contributed by atoms with Crippen LogP contribution in [0, 0.1) is 17.8 Å². The van der Waals surface area contributed by atoms with Crippen LogP contribution in [0.5, 0.6) is 0 Å². The van der Waals surface area contributed by atoms with Crippen molar-refractivity contribution in [3.05, 3.63) is 42.3 Å². The summed E-state index contributed by atoms with van der Waals surface area (Å²) >= 11 is 6.08. The van der Waals surface area contributed by atoms with Gasteiger partial charge in [-0.25, -0.2) is 24.9 Å². The maximum absolute atomic E-state index is 12.1. The van der Waals surface area contributed by atoms with Gasteiger partial charge in [0.1, 0.15) is 28.6 Å². The van der Waals surface area contributed by atoms with Crippen LogP contribution in [0.15, 0.2) is 37.2 Å². The van der Waals surface area contributed by atoms with Gasteiger partial charge in [-0.3, -0.25) is 9.36 Å². The standard InChI is InChI=1S/C22H21ClN8O2/c23-14-9-26-21-19(27-14)13(8-25-21)20-29-15(7-16(30-20)31-6-5-24-10-31)28-18-12-3-1-11(2-4-12)17(18)22(32)33/h5-12,17-18H,1-4H2,(H,25,26)(H,32,33)(H,28,29,30). The molecule has 0 amide bonds. The van der Waals surface area contributed by atoms with Gasteiger partial charge in [-0.1, -0.05) is 11.6 Å². The van der Waals surface area contributed by atoms with E-state index in [1.165, 1.54) is 6.20 Å². The fourth-order valence-electron chi connectivity index (χ4n) is 5.38. The van der Waals surface area contributed by atoms with E-state index in [0.717, 1.165) is 25.7 Å². The predicted molar refractivity (Wildman–Crippen MR) is 121 cm³/mol. The summed E-state index contributed by atoms with van der Waals surface area (Å²) < 4.78 is 1.78. The Morgan fingerprint density at radius 1 is 1.18 bits per heavy atom. The van der Waals surface area contributed by atoms with Gasteiger partial charge in [-0.2, -0.15) is 0 Å². The van der Waals surface area contributed by atoms with Crippen LogP contribution in [0.4, 0.5) is 5.82 Å². The Morgan fingerprint density at radius 2 is 2.00 bits per heavy atom. The van der Waals surface area contributed by atoms with Gasteiger partial charge >= 0.3 is 5.97 Å². The van der Waals surface area contributed by atoms with E-state index >= 15 is 0 Å². The molecule has 11 heteroatoms. The zero-order valence-corrected chi connectivity index (χ0v) is 18.3. The van der Waals surface area contributed by atoms with Crippen LogP contribution in [-0.2, 0) is 4.79 Å². The van der Waals surface area contributed by atoms with E-state index in [9.17, 15) is 9.90 Å². The Morgan fingerprint density at radius 3 is 2.76 bits per heavy atom. The number of carbonyl (C=O) groups is 1. The van der Waals surface area contributed by atoms with Crippen LogP contribution >= 0.6 is 11.6 Å². The molecule has 3 aliphatic rings. The molecule has 0 spiro atoms. The highest BCUT2D eigenvalue weighted by Gasteiger charge is 2.47. The number of aromatic nitrogens is 7. The van der Waals surface area contributed by atoms with Gasteiger partial charge in [0.15, 0.2) is 11.5 Å². The van der Waals surface area contributed by atoms with E-state index in [-0.39, 0.29) is 17.1 Å². The molecule has 3 N–H and O–H groups in total. The normalized spacial score (nSPS) is 24.3. The highest BCUT2D eigenvalue weighted by atomic mass is 35.5. The zero-order valence-electron chi connectivity index (χ0n) is 17.5. The minimum absolute atomic E-state index is 0.175. The van der Waals surface area contributed by atoms with E-state index in [1.807, 2.05) is 6.07 Å². The molecule has 2 bridgehead atoms. The predicted octanol–water partition coefficient (Wildman–Crippen LogP) is 3.56. The summed E-state index contributed by atoms with van der Waals surface area (Å²) in [5.41, 5.74) is 1.80. The van der Waals surface area contributed by atoms with Gasteiger partial charge in [0.2, 0.25) is 0 Å². The van der Waals surface area contributed by atoms with E-state index in [1.54, 1.807) is 29.5 Å². The monoisotopic (exact) mass is 464 g/mol. The molecule has 3 fully saturated rings. The van der Waals surface area contributed by atoms with Crippen molar-refractivity contribution in [3.63, 3.8) is 0 Å². The first-order chi connectivity index (χ1) is 16.1. The summed E-state index contributed by atoms with van der Waals surface area (Å²) in [6.07, 6.45) is 12.4. The van der Waals surface area contributed by atoms with Crippen molar-refractivity contribution in [2.75, 3.05) is 5.32 Å². The van der Waals surface area contributed by atoms with Crippen molar-refractivity contribution in [1.82, 2.24) is 34.5 Å². The smallest absolute Gasteiger partial charge is 0.308 e. The summed E-state index contributed by atoms with van der Waals surface area (Å²) in [5.74, 6) is 0.945. The molecule has 4 heterocycles. The number of nitrogens with one attached hydrogen (secondary N) is 2. The Balaban J connectivity index is 1.45. The van der Waals surface area contributed by atoms with Crippen LogP contribution in [0.25, 0.3) is 28.4 Å². The summed E-state index contributed by atoms with van der Waals surface area (Å²) in [4.78, 5) is 37.5. The van der Waals surface area contributed by atoms with Gasteiger partial charge in [-0.05, 0) is 37.5 Å². The van der Waals surface area contributed by atoms with Crippen molar-refractivity contribution < 1.29 is 9.90 Å². The number of hydrogen-bond acceptors (Lipinski definition) is 7. The first-order valence-corrected chi connectivity index (χ1v) is 11.3. The Kier molecular flexibility index (Phi) is 4.75. The zero-order chi connectivity index (χ0) is 22.5. The molecular weight excluding hydrogens is 444 g/mol. The summed E-state index contributed by atoms with van der Waals surface area (Å²) in [5, 5.41) is 13.7. The van der Waals surface area contributed by atoms with Crippen molar-refractivity contribution >= 4 is 34.6 Å². The molecule has 7 rings (SSSR count). The number of imidazole rings is 1. The Bertz CT molecular complexity index is 1330. The molecule has 3 saturated carbocycles. The lowest BCUT2D eigenvalue weighted by molar-refractivity contribution is -0.148. The number of H-pyrrole nitrogens is 1. The number of rotatable bonds is 5. The molecule has 0 aliphatic heterocycles. The number of halogens is 1. The third-order valence-corrected chi connectivity index (χ3v) is 7.07. The second-order valence-corrected chi connectivity index (χ2v) is 9.09. The van der Waals surface area contributed by atoms with Crippen molar-refractivity contribution in [3.8, 4) is 17.2 Å². The van der Waals surface area contributed by atoms with E-state index in [0.29, 0.717) is 40.1 Å². The van der Waals surface area contributed by atoms with Crippen molar-refractivity contribution in [2.45, 2.75) is 31.7 Å². The SMILES string of the molecule is O=C(O)C1C2CCC(CC2)C1Nc1cc(-n2ccnc2)nc(-c2c[nH]c3ncc(Cl)nc23)n1. The number of carboxylic acid groups (broad SMARTS) is 1. The number of fused-ring (bicyclic) bond motifs is 4. The quantitative estimate of drug-likeness (QED) is 0.408. The average Bonchev–Trinajstić information content (AvgIpc) is 3.49. The van der Waals surface area contributed by atoms with Gasteiger partial charge < -0.3 is 15.4 Å². The second kappa shape index (κ2) is 7.80. The highest BCUT2D eigenvalue weighted by Crippen LogP contribution is 2.46. The first kappa shape index (κ1) is 20.1. The topological polar surface area (TPSA) is 134 Å². The van der Waals surface area contributed by atoms with Crippen LogP contribution in [-0.4, -0.2) is 51.6 Å². The highest BCUT2D eigenvalue weighted by molar-refractivity contribution is 6.29. The van der Waals surface area contributed by atoms with Crippen molar-refractivity contribution in [2.24, 2.45) is 17.8 Å². The van der Waals surface area contributed by atoms with Crippen LogP contribution in [0.1, 0.15) is 25.7 Å². The maximum atomic E-state index is 12.1. The molecule has 4 aromatic heterocycles. The van der Waals surface area contributed by atoms with Gasteiger partial charge in [0, 0.05) is 30.7 Å². The van der Waals surface area contributed by atoms with E-state index < -0.39 is 11.9 Å². The molecule has 168 valence electrons. The average molecular weight is 465 g/mol. The van der Waals surface area contributed by atoms with E-state index in [4.69, 9.17) is 21.6 Å². The molecular formula is C22H21ClN8O2. The Hall–Kier alpha value is -3.53. The van der Waals surface area contributed by atoms with E-state index in [2.05, 4.69) is 25.3 Å². The summed E-state index contributed by atoms with van der Waals surface area (Å²) in [7, 11) is 0. The molecule has 0 saturated heterocycles. The molecule has 2 unspecified atom stereocenters. The second-order valence-electron chi connectivity index (χ2n) is 8.71. The van der Waals surface area contributed by atoms with Gasteiger partial charge in [0.25, 0.3) is 0 Å². The third kappa shape index (κ3) is 3.50. The fourth-order valence-corrected chi connectivity index (χ4v) is 5.51. The maximum Gasteiger partial charge on any atom is 0.308 e. The Labute approximate surface area is 193 Å². The van der Waals surface area contributed by atoms with Crippen LogP contribution in [0.2, 0.25) is 5.15 Å². The largest absolute Gasteiger partial charge is 0.481 e. The third-order valence-electron chi connectivity index (χ3n) is 6.89.